The van der Waals surface area contributed by atoms with Crippen LogP contribution < -0.4 is 10.9 Å². The van der Waals surface area contributed by atoms with E-state index in [9.17, 15) is 24.6 Å². The predicted molar refractivity (Wildman–Crippen MR) is 140 cm³/mol. The lowest BCUT2D eigenvalue weighted by atomic mass is 9.81. The molecule has 0 saturated heterocycles. The third-order valence-corrected chi connectivity index (χ3v) is 8.63. The molecule has 198 valence electrons. The Balaban J connectivity index is 1.64. The second-order valence-corrected chi connectivity index (χ2v) is 11.3. The van der Waals surface area contributed by atoms with Gasteiger partial charge < -0.3 is 24.8 Å². The van der Waals surface area contributed by atoms with Gasteiger partial charge in [-0.05, 0) is 68.9 Å². The fraction of sp³-hybridized carbons (Fsp3) is 0.429. The van der Waals surface area contributed by atoms with Crippen LogP contribution in [-0.2, 0) is 39.5 Å². The van der Waals surface area contributed by atoms with Crippen molar-refractivity contribution in [3.8, 4) is 11.4 Å². The number of pyridine rings is 2. The van der Waals surface area contributed by atoms with Crippen LogP contribution in [0.4, 0.5) is 0 Å². The summed E-state index contributed by atoms with van der Waals surface area (Å²) < 4.78 is 6.76. The van der Waals surface area contributed by atoms with Crippen LogP contribution in [0, 0.1) is 6.92 Å². The molecule has 3 aromatic rings. The minimum Gasteiger partial charge on any atom is -0.458 e. The number of benzene rings is 1. The molecule has 2 aliphatic heterocycles. The monoisotopic (exact) mass is 537 g/mol. The minimum atomic E-state index is -1.92. The van der Waals surface area contributed by atoms with E-state index in [4.69, 9.17) is 21.3 Å². The van der Waals surface area contributed by atoms with Gasteiger partial charge in [0, 0.05) is 21.5 Å². The second kappa shape index (κ2) is 8.11. The first-order valence-electron chi connectivity index (χ1n) is 12.7. The number of hydrogen-bond acceptors (Lipinski definition) is 7. The van der Waals surface area contributed by atoms with Crippen LogP contribution in [0.15, 0.2) is 16.9 Å². The maximum absolute atomic E-state index is 13.7. The molecule has 38 heavy (non-hydrogen) atoms. The number of halogens is 1. The number of nitrogens with one attached hydrogen (secondary N) is 1. The minimum absolute atomic E-state index is 0.0499. The van der Waals surface area contributed by atoms with Crippen LogP contribution in [0.1, 0.15) is 73.0 Å². The molecule has 10 heteroatoms. The molecule has 0 bridgehead atoms. The highest BCUT2D eigenvalue weighted by molar-refractivity contribution is 6.32. The summed E-state index contributed by atoms with van der Waals surface area (Å²) in [5.74, 6) is -1.28. The van der Waals surface area contributed by atoms with E-state index in [0.29, 0.717) is 34.8 Å². The first-order chi connectivity index (χ1) is 17.9. The van der Waals surface area contributed by atoms with Gasteiger partial charge in [-0.3, -0.25) is 9.59 Å². The molecule has 3 aliphatic rings. The van der Waals surface area contributed by atoms with Gasteiger partial charge in [0.2, 0.25) is 0 Å². The Labute approximate surface area is 223 Å². The summed E-state index contributed by atoms with van der Waals surface area (Å²) in [7, 11) is 0. The number of fused-ring (bicyclic) bond motifs is 5. The zero-order valence-corrected chi connectivity index (χ0v) is 22.3. The van der Waals surface area contributed by atoms with Gasteiger partial charge in [-0.1, -0.05) is 18.5 Å². The van der Waals surface area contributed by atoms with Gasteiger partial charge in [0.05, 0.1) is 35.1 Å². The molecule has 9 nitrogen and oxygen atoms in total. The SMILES string of the molecule is CC[C@@]1(O)C(=O)OCc2c1cc1n(c2=O)Cc2c-1nc1cc(Cl)c(C)c3c1c2[C@H](NC(=O)C(C)(C)O)CC3. The summed E-state index contributed by atoms with van der Waals surface area (Å²) in [6, 6.07) is 3.04. The van der Waals surface area contributed by atoms with Crippen molar-refractivity contribution in [2.75, 3.05) is 0 Å². The van der Waals surface area contributed by atoms with Gasteiger partial charge in [0.25, 0.3) is 11.5 Å². The molecule has 2 aromatic heterocycles. The zero-order chi connectivity index (χ0) is 27.3. The number of esters is 1. The maximum Gasteiger partial charge on any atom is 0.343 e. The molecular weight excluding hydrogens is 510 g/mol. The molecule has 4 heterocycles. The van der Waals surface area contributed by atoms with E-state index in [1.165, 1.54) is 13.8 Å². The molecule has 1 amide bonds. The van der Waals surface area contributed by atoms with Gasteiger partial charge >= 0.3 is 5.97 Å². The number of cyclic esters (lactones) is 1. The first kappa shape index (κ1) is 25.0. The Kier molecular flexibility index (Phi) is 5.35. The molecule has 1 aromatic carbocycles. The smallest absolute Gasteiger partial charge is 0.343 e. The summed E-state index contributed by atoms with van der Waals surface area (Å²) in [5.41, 5.74) is 1.93. The van der Waals surface area contributed by atoms with Gasteiger partial charge in [-0.25, -0.2) is 9.78 Å². The third-order valence-electron chi connectivity index (χ3n) is 8.24. The van der Waals surface area contributed by atoms with E-state index in [1.807, 2.05) is 6.92 Å². The molecule has 0 fully saturated rings. The number of hydrogen-bond donors (Lipinski definition) is 3. The standard InChI is InChI=1S/C28H28ClN3O6/c1-5-28(37)16-8-20-23-14(10-32(20)24(33)15(16)11-38-26(28)35)22-18(31-25(34)27(3,4)36)7-6-13-12(2)17(29)9-19(30-23)21(13)22/h8-9,18,36-37H,5-7,10-11H2,1-4H3,(H,31,34)/t18-,28+/m1/s1. The highest BCUT2D eigenvalue weighted by atomic mass is 35.5. The number of aromatic nitrogens is 2. The highest BCUT2D eigenvalue weighted by Gasteiger charge is 2.46. The lowest BCUT2D eigenvalue weighted by Crippen LogP contribution is -2.44. The van der Waals surface area contributed by atoms with E-state index in [2.05, 4.69) is 5.32 Å². The molecule has 0 spiro atoms. The number of nitrogens with zero attached hydrogens (tertiary/aromatic N) is 2. The molecule has 6 rings (SSSR count). The Bertz CT molecular complexity index is 1650. The van der Waals surface area contributed by atoms with Crippen molar-refractivity contribution in [3.63, 3.8) is 0 Å². The van der Waals surface area contributed by atoms with E-state index >= 15 is 0 Å². The molecular formula is C28H28ClN3O6. The maximum atomic E-state index is 13.7. The van der Waals surface area contributed by atoms with Crippen LogP contribution in [-0.4, -0.2) is 37.2 Å². The molecule has 0 saturated carbocycles. The quantitative estimate of drug-likeness (QED) is 0.342. The third kappa shape index (κ3) is 3.31. The average Bonchev–Trinajstić information content (AvgIpc) is 3.23. The van der Waals surface area contributed by atoms with Crippen LogP contribution in [0.5, 0.6) is 0 Å². The van der Waals surface area contributed by atoms with Crippen molar-refractivity contribution in [1.82, 2.24) is 14.9 Å². The lowest BCUT2D eigenvalue weighted by Gasteiger charge is -2.31. The van der Waals surface area contributed by atoms with Crippen molar-refractivity contribution >= 4 is 34.4 Å². The Hall–Kier alpha value is -3.27. The number of aryl methyl sites for hydroxylation is 1. The van der Waals surface area contributed by atoms with Crippen molar-refractivity contribution in [1.29, 1.82) is 0 Å². The Morgan fingerprint density at radius 1 is 1.29 bits per heavy atom. The largest absolute Gasteiger partial charge is 0.458 e. The zero-order valence-electron chi connectivity index (χ0n) is 21.6. The highest BCUT2D eigenvalue weighted by Crippen LogP contribution is 2.46. The summed E-state index contributed by atoms with van der Waals surface area (Å²) >= 11 is 6.59. The number of ether oxygens (including phenoxy) is 1. The fourth-order valence-electron chi connectivity index (χ4n) is 6.03. The molecule has 2 atom stereocenters. The lowest BCUT2D eigenvalue weighted by molar-refractivity contribution is -0.172. The average molecular weight is 538 g/mol. The molecule has 0 unspecified atom stereocenters. The van der Waals surface area contributed by atoms with Gasteiger partial charge in [-0.15, -0.1) is 0 Å². The van der Waals surface area contributed by atoms with Crippen LogP contribution >= 0.6 is 11.6 Å². The van der Waals surface area contributed by atoms with Crippen molar-refractivity contribution < 1.29 is 24.5 Å². The molecule has 0 radical (unpaired) electrons. The van der Waals surface area contributed by atoms with Crippen LogP contribution in [0.3, 0.4) is 0 Å². The fourth-order valence-corrected chi connectivity index (χ4v) is 6.25. The van der Waals surface area contributed by atoms with E-state index < -0.39 is 29.1 Å². The second-order valence-electron chi connectivity index (χ2n) is 10.9. The summed E-state index contributed by atoms with van der Waals surface area (Å²) in [4.78, 5) is 44.0. The van der Waals surface area contributed by atoms with E-state index in [1.54, 1.807) is 23.6 Å². The molecule has 3 N–H and O–H groups in total. The summed E-state index contributed by atoms with van der Waals surface area (Å²) in [6.07, 6.45) is 1.30. The van der Waals surface area contributed by atoms with E-state index in [-0.39, 0.29) is 36.3 Å². The normalized spacial score (nSPS) is 21.6. The van der Waals surface area contributed by atoms with Crippen LogP contribution in [0.2, 0.25) is 5.02 Å². The Morgan fingerprint density at radius 3 is 2.71 bits per heavy atom. The number of aliphatic hydroxyl groups is 2. The van der Waals surface area contributed by atoms with Crippen LogP contribution in [0.25, 0.3) is 22.3 Å². The number of carbonyl (C=O) groups excluding carboxylic acids is 2. The summed E-state index contributed by atoms with van der Waals surface area (Å²) in [5, 5.41) is 26.0. The first-order valence-corrected chi connectivity index (χ1v) is 13.1. The number of amides is 1. The van der Waals surface area contributed by atoms with Crippen molar-refractivity contribution in [2.45, 2.75) is 77.4 Å². The number of carbonyl (C=O) groups is 2. The Morgan fingerprint density at radius 2 is 2.03 bits per heavy atom. The van der Waals surface area contributed by atoms with Crippen molar-refractivity contribution in [2.24, 2.45) is 0 Å². The predicted octanol–water partition coefficient (Wildman–Crippen LogP) is 2.92. The molecule has 1 aliphatic carbocycles. The topological polar surface area (TPSA) is 131 Å². The van der Waals surface area contributed by atoms with Crippen molar-refractivity contribution in [3.05, 3.63) is 60.9 Å². The van der Waals surface area contributed by atoms with E-state index in [0.717, 1.165) is 27.6 Å². The summed E-state index contributed by atoms with van der Waals surface area (Å²) in [6.45, 7) is 6.50. The van der Waals surface area contributed by atoms with Gasteiger partial charge in [0.1, 0.15) is 12.2 Å². The van der Waals surface area contributed by atoms with Gasteiger partial charge in [0.15, 0.2) is 5.60 Å². The number of rotatable bonds is 3. The van der Waals surface area contributed by atoms with Gasteiger partial charge in [-0.2, -0.15) is 0 Å².